The van der Waals surface area contributed by atoms with Gasteiger partial charge in [-0.1, -0.05) is 0 Å². The number of methoxy groups -OCH3 is 1. The Morgan fingerprint density at radius 1 is 1.12 bits per heavy atom. The number of hydrogen-bond donors (Lipinski definition) is 2. The lowest BCUT2D eigenvalue weighted by Crippen LogP contribution is -2.39. The second kappa shape index (κ2) is 9.36. The van der Waals surface area contributed by atoms with E-state index in [0.29, 0.717) is 30.2 Å². The molecule has 1 aliphatic rings. The Morgan fingerprint density at radius 2 is 1.82 bits per heavy atom. The Bertz CT molecular complexity index is 1140. The highest BCUT2D eigenvalue weighted by atomic mass is 16.5. The fraction of sp³-hybridized carbons (Fsp3) is 0.320. The third-order valence-electron chi connectivity index (χ3n) is 6.06. The first-order valence-electron chi connectivity index (χ1n) is 11.0. The number of nitrogens with two attached hydrogens (primary N) is 1. The van der Waals surface area contributed by atoms with Gasteiger partial charge in [0.2, 0.25) is 0 Å². The van der Waals surface area contributed by atoms with E-state index >= 15 is 0 Å². The van der Waals surface area contributed by atoms with Crippen LogP contribution in [0.3, 0.4) is 0 Å². The van der Waals surface area contributed by atoms with Crippen molar-refractivity contribution in [3.63, 3.8) is 0 Å². The van der Waals surface area contributed by atoms with Gasteiger partial charge in [0.1, 0.15) is 23.0 Å². The van der Waals surface area contributed by atoms with Crippen LogP contribution in [0.25, 0.3) is 11.3 Å². The van der Waals surface area contributed by atoms with Crippen LogP contribution in [-0.2, 0) is 0 Å². The summed E-state index contributed by atoms with van der Waals surface area (Å²) in [5, 5.41) is 0. The molecule has 0 radical (unpaired) electrons. The Balaban J connectivity index is 1.56. The summed E-state index contributed by atoms with van der Waals surface area (Å²) < 4.78 is 5.21. The lowest BCUT2D eigenvalue weighted by molar-refractivity contribution is 0.0704. The van der Waals surface area contributed by atoms with Crippen LogP contribution in [-0.4, -0.2) is 61.0 Å². The number of carbonyl (C=O) groups excluding carboxylic acids is 2. The lowest BCUT2D eigenvalue weighted by Gasteiger charge is -2.32. The smallest absolute Gasteiger partial charge is 0.267 e. The summed E-state index contributed by atoms with van der Waals surface area (Å²) in [6.07, 6.45) is 1.73. The van der Waals surface area contributed by atoms with Gasteiger partial charge in [0, 0.05) is 49.9 Å². The average Bonchev–Trinajstić information content (AvgIpc) is 3.30. The van der Waals surface area contributed by atoms with Crippen molar-refractivity contribution in [1.82, 2.24) is 14.9 Å². The summed E-state index contributed by atoms with van der Waals surface area (Å²) in [6, 6.07) is 14.9. The fourth-order valence-corrected chi connectivity index (χ4v) is 4.19. The summed E-state index contributed by atoms with van der Waals surface area (Å²) in [7, 11) is 5.54. The molecule has 1 atom stereocenters. The van der Waals surface area contributed by atoms with E-state index < -0.39 is 5.91 Å². The maximum Gasteiger partial charge on any atom is 0.267 e. The number of rotatable bonds is 6. The summed E-state index contributed by atoms with van der Waals surface area (Å²) >= 11 is 0. The number of piperidine rings is 1. The van der Waals surface area contributed by atoms with E-state index in [0.717, 1.165) is 29.8 Å². The van der Waals surface area contributed by atoms with E-state index in [2.05, 4.69) is 4.98 Å². The molecule has 3 N–H and O–H groups in total. The molecule has 2 heterocycles. The molecule has 3 aromatic rings. The number of benzene rings is 2. The normalized spacial score (nSPS) is 15.8. The third kappa shape index (κ3) is 4.69. The molecule has 1 aliphatic heterocycles. The number of nitrogens with zero attached hydrogens (tertiary/aromatic N) is 3. The number of anilines is 1. The molecule has 2 aromatic carbocycles. The zero-order chi connectivity index (χ0) is 23.5. The molecule has 0 aliphatic carbocycles. The van der Waals surface area contributed by atoms with Gasteiger partial charge in [0.15, 0.2) is 0 Å². The number of aromatic nitrogens is 2. The predicted molar refractivity (Wildman–Crippen MR) is 128 cm³/mol. The van der Waals surface area contributed by atoms with E-state index in [1.54, 1.807) is 7.11 Å². The van der Waals surface area contributed by atoms with Crippen molar-refractivity contribution in [2.24, 2.45) is 5.73 Å². The van der Waals surface area contributed by atoms with Gasteiger partial charge in [0.25, 0.3) is 11.8 Å². The van der Waals surface area contributed by atoms with Gasteiger partial charge in [-0.2, -0.15) is 0 Å². The van der Waals surface area contributed by atoms with Gasteiger partial charge in [-0.15, -0.1) is 0 Å². The van der Waals surface area contributed by atoms with E-state index in [9.17, 15) is 9.59 Å². The fourth-order valence-electron chi connectivity index (χ4n) is 4.19. The summed E-state index contributed by atoms with van der Waals surface area (Å²) in [6.45, 7) is 1.22. The minimum atomic E-state index is -0.565. The lowest BCUT2D eigenvalue weighted by atomic mass is 9.96. The number of likely N-dealkylation sites (tertiary alicyclic amines) is 1. The number of ether oxygens (including phenoxy) is 1. The molecule has 0 bridgehead atoms. The molecule has 1 aromatic heterocycles. The molecule has 1 fully saturated rings. The van der Waals surface area contributed by atoms with Crippen LogP contribution < -0.4 is 15.4 Å². The average molecular weight is 448 g/mol. The van der Waals surface area contributed by atoms with Crippen LogP contribution in [0, 0.1) is 0 Å². The highest BCUT2D eigenvalue weighted by Crippen LogP contribution is 2.31. The van der Waals surface area contributed by atoms with Crippen LogP contribution in [0.5, 0.6) is 5.75 Å². The summed E-state index contributed by atoms with van der Waals surface area (Å²) in [4.78, 5) is 37.0. The highest BCUT2D eigenvalue weighted by Gasteiger charge is 2.29. The second-order valence-electron chi connectivity index (χ2n) is 8.47. The Labute approximate surface area is 193 Å². The number of primary amides is 1. The number of aromatic amines is 1. The van der Waals surface area contributed by atoms with Crippen molar-refractivity contribution >= 4 is 17.5 Å². The zero-order valence-corrected chi connectivity index (χ0v) is 19.2. The Morgan fingerprint density at radius 3 is 2.42 bits per heavy atom. The van der Waals surface area contributed by atoms with E-state index in [-0.39, 0.29) is 17.5 Å². The molecule has 8 nitrogen and oxygen atoms in total. The number of imidazole rings is 1. The van der Waals surface area contributed by atoms with E-state index in [1.165, 1.54) is 0 Å². The van der Waals surface area contributed by atoms with Crippen molar-refractivity contribution in [3.05, 3.63) is 65.6 Å². The Kier molecular flexibility index (Phi) is 6.35. The number of nitrogens with one attached hydrogen (secondary N) is 1. The van der Waals surface area contributed by atoms with Crippen molar-refractivity contribution in [3.8, 4) is 17.0 Å². The summed E-state index contributed by atoms with van der Waals surface area (Å²) in [5.74, 6) is 0.825. The molecular formula is C25H29N5O3. The third-order valence-corrected chi connectivity index (χ3v) is 6.06. The molecule has 0 unspecified atom stereocenters. The van der Waals surface area contributed by atoms with Crippen molar-refractivity contribution in [1.29, 1.82) is 0 Å². The van der Waals surface area contributed by atoms with Gasteiger partial charge in [-0.3, -0.25) is 9.59 Å². The molecule has 0 spiro atoms. The Hall–Kier alpha value is -3.81. The molecule has 2 amide bonds. The first kappa shape index (κ1) is 22.4. The largest absolute Gasteiger partial charge is 0.497 e. The molecule has 33 heavy (non-hydrogen) atoms. The predicted octanol–water partition coefficient (Wildman–Crippen LogP) is 3.27. The van der Waals surface area contributed by atoms with Crippen LogP contribution in [0.2, 0.25) is 0 Å². The van der Waals surface area contributed by atoms with Gasteiger partial charge >= 0.3 is 0 Å². The molecule has 4 rings (SSSR count). The molecule has 172 valence electrons. The van der Waals surface area contributed by atoms with Crippen LogP contribution >= 0.6 is 0 Å². The van der Waals surface area contributed by atoms with Crippen LogP contribution in [0.1, 0.15) is 45.4 Å². The minimum absolute atomic E-state index is 0.00191. The van der Waals surface area contributed by atoms with Crippen molar-refractivity contribution in [2.75, 3.05) is 39.2 Å². The maximum atomic E-state index is 13.1. The van der Waals surface area contributed by atoms with Gasteiger partial charge in [-0.05, 0) is 61.4 Å². The second-order valence-corrected chi connectivity index (χ2v) is 8.47. The monoisotopic (exact) mass is 447 g/mol. The number of amides is 2. The molecule has 8 heteroatoms. The van der Waals surface area contributed by atoms with E-state index in [4.69, 9.17) is 15.5 Å². The number of carbonyl (C=O) groups is 2. The van der Waals surface area contributed by atoms with Gasteiger partial charge in [-0.25, -0.2) is 4.98 Å². The SMILES string of the molecule is COc1ccc(-c2nc([C@H]3CCCN(C(=O)c4ccc(N(C)C)cc4)C3)[nH]c2C(N)=O)cc1. The van der Waals surface area contributed by atoms with E-state index in [1.807, 2.05) is 72.4 Å². The molecule has 0 saturated carbocycles. The maximum absolute atomic E-state index is 13.1. The minimum Gasteiger partial charge on any atom is -0.497 e. The number of hydrogen-bond acceptors (Lipinski definition) is 5. The van der Waals surface area contributed by atoms with Crippen molar-refractivity contribution in [2.45, 2.75) is 18.8 Å². The van der Waals surface area contributed by atoms with Gasteiger partial charge < -0.3 is 25.3 Å². The van der Waals surface area contributed by atoms with Gasteiger partial charge in [0.05, 0.1) is 7.11 Å². The van der Waals surface area contributed by atoms with Crippen LogP contribution in [0.4, 0.5) is 5.69 Å². The molecular weight excluding hydrogens is 418 g/mol. The molecule has 1 saturated heterocycles. The van der Waals surface area contributed by atoms with Crippen LogP contribution in [0.15, 0.2) is 48.5 Å². The first-order valence-corrected chi connectivity index (χ1v) is 11.0. The number of H-pyrrole nitrogens is 1. The summed E-state index contributed by atoms with van der Waals surface area (Å²) in [5.41, 5.74) is 8.91. The zero-order valence-electron chi connectivity index (χ0n) is 19.2. The standard InChI is InChI=1S/C25H29N5O3/c1-29(2)19-10-6-17(7-11-19)25(32)30-14-4-5-18(15-30)24-27-21(22(28-24)23(26)31)16-8-12-20(33-3)13-9-16/h6-13,18H,4-5,14-15H2,1-3H3,(H2,26,31)(H,27,28)/t18-/m0/s1. The first-order chi connectivity index (χ1) is 15.9. The van der Waals surface area contributed by atoms with Crippen molar-refractivity contribution < 1.29 is 14.3 Å². The topological polar surface area (TPSA) is 105 Å². The highest BCUT2D eigenvalue weighted by molar-refractivity contribution is 5.97. The quantitative estimate of drug-likeness (QED) is 0.603.